The molecule has 2 spiro atoms. The molecule has 8 rings (SSSR count). The summed E-state index contributed by atoms with van der Waals surface area (Å²) in [6.07, 6.45) is 13.7. The smallest absolute Gasteiger partial charge is 0.410 e. The van der Waals surface area contributed by atoms with Crippen molar-refractivity contribution >= 4 is 48.0 Å². The predicted molar refractivity (Wildman–Crippen MR) is 259 cm³/mol. The number of nitrogens with zero attached hydrogens (tertiary/aromatic N) is 4. The molecule has 2 amide bonds. The third-order valence-corrected chi connectivity index (χ3v) is 15.3. The lowest BCUT2D eigenvalue weighted by Crippen LogP contribution is -2.53. The fraction of sp³-hybridized carbons (Fsp3) is 0.692. The van der Waals surface area contributed by atoms with E-state index >= 15 is 0 Å². The van der Waals surface area contributed by atoms with Crippen molar-refractivity contribution in [2.45, 2.75) is 173 Å². The molecule has 0 bridgehead atoms. The first-order chi connectivity index (χ1) is 32.2. The molecule has 4 heterocycles. The SMILES string of the molecule is CC(C)(C)OC(=O)N1CCC2(CCCN2Cc2ccc(Cl)cc2OCC2(OC=O)CC2)CC1.CCC1(COc2cc(Cl)ccc2CN2CCCC23CCN(C(=O)OC(C)(C)C)CC3)CC1.O=C=O. The first-order valence-corrected chi connectivity index (χ1v) is 25.3. The van der Waals surface area contributed by atoms with Gasteiger partial charge in [-0.15, -0.1) is 0 Å². The molecule has 6 fully saturated rings. The molecule has 16 heteroatoms. The Bertz CT molecular complexity index is 2080. The average Bonchev–Trinajstić information content (AvgIpc) is 4.17. The minimum Gasteiger partial charge on any atom is -0.493 e. The number of ether oxygens (including phenoxy) is 5. The van der Waals surface area contributed by atoms with Gasteiger partial charge in [0, 0.05) is 76.9 Å². The van der Waals surface area contributed by atoms with Crippen LogP contribution in [0.4, 0.5) is 9.59 Å². The van der Waals surface area contributed by atoms with Crippen molar-refractivity contribution in [3.8, 4) is 11.5 Å². The third kappa shape index (κ3) is 14.3. The third-order valence-electron chi connectivity index (χ3n) is 14.8. The maximum absolute atomic E-state index is 12.5. The number of piperidine rings is 2. The van der Waals surface area contributed by atoms with Gasteiger partial charge < -0.3 is 33.5 Å². The van der Waals surface area contributed by atoms with Gasteiger partial charge in [-0.05, 0) is 162 Å². The molecule has 4 saturated heterocycles. The number of rotatable bonds is 13. The molecular weight excluding hydrogens is 911 g/mol. The molecule has 6 aliphatic rings. The van der Waals surface area contributed by atoms with Crippen molar-refractivity contribution in [1.29, 1.82) is 0 Å². The minimum absolute atomic E-state index is 0.0910. The number of carbonyl (C=O) groups excluding carboxylic acids is 5. The monoisotopic (exact) mass is 984 g/mol. The second kappa shape index (κ2) is 22.3. The number of hydrogen-bond acceptors (Lipinski definition) is 12. The van der Waals surface area contributed by atoms with Crippen LogP contribution in [-0.2, 0) is 41.7 Å². The summed E-state index contributed by atoms with van der Waals surface area (Å²) < 4.78 is 28.8. The first kappa shape index (κ1) is 53.3. The molecule has 68 heavy (non-hydrogen) atoms. The van der Waals surface area contributed by atoms with Gasteiger partial charge in [-0.2, -0.15) is 9.59 Å². The Morgan fingerprint density at radius 2 is 1.04 bits per heavy atom. The van der Waals surface area contributed by atoms with E-state index in [1.54, 1.807) is 0 Å². The largest absolute Gasteiger partial charge is 0.493 e. The van der Waals surface area contributed by atoms with Crippen LogP contribution >= 0.6 is 23.2 Å². The van der Waals surface area contributed by atoms with E-state index in [0.717, 1.165) is 119 Å². The summed E-state index contributed by atoms with van der Waals surface area (Å²) in [5, 5.41) is 1.35. The van der Waals surface area contributed by atoms with Crippen LogP contribution in [0.2, 0.25) is 10.0 Å². The zero-order valence-electron chi connectivity index (χ0n) is 41.4. The molecular formula is C52H74Cl2N4O10. The Morgan fingerprint density at radius 1 is 0.632 bits per heavy atom. The lowest BCUT2D eigenvalue weighted by atomic mass is 9.85. The second-order valence-electron chi connectivity index (χ2n) is 21.8. The summed E-state index contributed by atoms with van der Waals surface area (Å²) in [4.78, 5) is 60.9. The van der Waals surface area contributed by atoms with Crippen molar-refractivity contribution in [3.05, 3.63) is 57.6 Å². The number of benzene rings is 2. The number of likely N-dealkylation sites (tertiary alicyclic amines) is 4. The minimum atomic E-state index is -0.481. The van der Waals surface area contributed by atoms with Crippen LogP contribution in [-0.4, -0.2) is 125 Å². The highest BCUT2D eigenvalue weighted by atomic mass is 35.5. The van der Waals surface area contributed by atoms with Crippen LogP contribution in [0.3, 0.4) is 0 Å². The van der Waals surface area contributed by atoms with Crippen LogP contribution in [0.25, 0.3) is 0 Å². The summed E-state index contributed by atoms with van der Waals surface area (Å²) >= 11 is 12.6. The van der Waals surface area contributed by atoms with E-state index in [-0.39, 0.29) is 29.4 Å². The van der Waals surface area contributed by atoms with Crippen molar-refractivity contribution < 1.29 is 47.7 Å². The zero-order valence-corrected chi connectivity index (χ0v) is 42.9. The van der Waals surface area contributed by atoms with Crippen molar-refractivity contribution in [3.63, 3.8) is 0 Å². The number of carbonyl (C=O) groups is 3. The van der Waals surface area contributed by atoms with Crippen LogP contribution in [0.1, 0.15) is 143 Å². The summed E-state index contributed by atoms with van der Waals surface area (Å²) in [5.74, 6) is 1.68. The molecule has 2 saturated carbocycles. The van der Waals surface area contributed by atoms with Gasteiger partial charge in [0.1, 0.15) is 34.9 Å². The van der Waals surface area contributed by atoms with Crippen molar-refractivity contribution in [2.75, 3.05) is 52.5 Å². The highest BCUT2D eigenvalue weighted by Gasteiger charge is 2.48. The van der Waals surface area contributed by atoms with E-state index in [1.807, 2.05) is 81.7 Å². The molecule has 0 N–H and O–H groups in total. The zero-order chi connectivity index (χ0) is 49.4. The van der Waals surface area contributed by atoms with Gasteiger partial charge in [0.05, 0.1) is 6.61 Å². The van der Waals surface area contributed by atoms with Gasteiger partial charge in [-0.25, -0.2) is 9.59 Å². The molecule has 0 atom stereocenters. The van der Waals surface area contributed by atoms with E-state index in [9.17, 15) is 14.4 Å². The molecule has 0 radical (unpaired) electrons. The van der Waals surface area contributed by atoms with Crippen LogP contribution in [0.15, 0.2) is 36.4 Å². The summed E-state index contributed by atoms with van der Waals surface area (Å²) in [7, 11) is 0. The fourth-order valence-electron chi connectivity index (χ4n) is 10.2. The fourth-order valence-corrected chi connectivity index (χ4v) is 10.6. The Hall–Kier alpha value is -4.07. The quantitative estimate of drug-likeness (QED) is 0.139. The van der Waals surface area contributed by atoms with Gasteiger partial charge in [0.25, 0.3) is 6.47 Å². The van der Waals surface area contributed by atoms with Crippen molar-refractivity contribution in [1.82, 2.24) is 19.6 Å². The van der Waals surface area contributed by atoms with Crippen LogP contribution < -0.4 is 9.47 Å². The topological polar surface area (TPSA) is 144 Å². The Labute approximate surface area is 413 Å². The lowest BCUT2D eigenvalue weighted by Gasteiger charge is -2.45. The Morgan fingerprint density at radius 3 is 1.40 bits per heavy atom. The molecule has 2 aliphatic carbocycles. The molecule has 2 aromatic rings. The summed E-state index contributed by atoms with van der Waals surface area (Å²) in [6.45, 7) is 22.0. The molecule has 4 aliphatic heterocycles. The first-order valence-electron chi connectivity index (χ1n) is 24.6. The Kier molecular flexibility index (Phi) is 17.5. The molecule has 14 nitrogen and oxygen atoms in total. The summed E-state index contributed by atoms with van der Waals surface area (Å²) in [6, 6.07) is 11.9. The number of hydrogen-bond donors (Lipinski definition) is 0. The predicted octanol–water partition coefficient (Wildman–Crippen LogP) is 10.5. The van der Waals surface area contributed by atoms with E-state index in [4.69, 9.17) is 56.5 Å². The van der Waals surface area contributed by atoms with E-state index in [0.29, 0.717) is 36.6 Å². The van der Waals surface area contributed by atoms with E-state index < -0.39 is 16.8 Å². The molecule has 376 valence electrons. The van der Waals surface area contributed by atoms with Crippen LogP contribution in [0.5, 0.6) is 11.5 Å². The maximum Gasteiger partial charge on any atom is 0.410 e. The van der Waals surface area contributed by atoms with Gasteiger partial charge >= 0.3 is 18.3 Å². The van der Waals surface area contributed by atoms with E-state index in [1.165, 1.54) is 37.7 Å². The molecule has 0 aromatic heterocycles. The van der Waals surface area contributed by atoms with Crippen molar-refractivity contribution in [2.24, 2.45) is 5.41 Å². The Balaban J connectivity index is 0.000000212. The highest BCUT2D eigenvalue weighted by Crippen LogP contribution is 2.49. The van der Waals surface area contributed by atoms with Gasteiger partial charge in [0.15, 0.2) is 0 Å². The van der Waals surface area contributed by atoms with Gasteiger partial charge in [-0.1, -0.05) is 42.3 Å². The van der Waals surface area contributed by atoms with Crippen LogP contribution in [0, 0.1) is 5.41 Å². The normalized spacial score (nSPS) is 21.1. The lowest BCUT2D eigenvalue weighted by molar-refractivity contribution is -0.191. The average molecular weight is 986 g/mol. The van der Waals surface area contributed by atoms with Gasteiger partial charge in [-0.3, -0.25) is 14.6 Å². The highest BCUT2D eigenvalue weighted by molar-refractivity contribution is 6.31. The second-order valence-corrected chi connectivity index (χ2v) is 22.7. The molecule has 2 aromatic carbocycles. The number of halogens is 2. The maximum atomic E-state index is 12.5. The standard InChI is InChI=1S/C26H39ClN2O3.C25H35ClN2O5.CO2/c1-5-25(10-11-25)19-31-22-17-21(27)8-7-20(22)18-29-14-6-9-26(29)12-15-28(16-13-26)23(30)32-24(2,3)4;1-23(2,3)33-22(30)27-13-10-24(11-14-27)7-4-12-28(24)16-19-5-6-20(26)15-21(19)31-17-25(8-9-25)32-18-29;2-1-3/h7-8,17H,5-6,9-16,18-19H2,1-4H3;5-6,15,18H,4,7-14,16-17H2,1-3H3;. The van der Waals surface area contributed by atoms with Gasteiger partial charge in [0.2, 0.25) is 0 Å². The van der Waals surface area contributed by atoms with E-state index in [2.05, 4.69) is 22.8 Å². The number of amides is 2. The summed E-state index contributed by atoms with van der Waals surface area (Å²) in [5.41, 5.74) is 1.52. The molecule has 0 unspecified atom stereocenters.